The Balaban J connectivity index is 2.76. The van der Waals surface area contributed by atoms with E-state index in [4.69, 9.17) is 0 Å². The molecule has 0 radical (unpaired) electrons. The van der Waals surface area contributed by atoms with Crippen molar-refractivity contribution in [3.05, 3.63) is 29.3 Å². The molecule has 110 valence electrons. The molecule has 1 rings (SSSR count). The third-order valence-electron chi connectivity index (χ3n) is 2.33. The fourth-order valence-corrected chi connectivity index (χ4v) is 1.34. The molecule has 1 aromatic carbocycles. The zero-order chi connectivity index (χ0) is 15.3. The Morgan fingerprint density at radius 3 is 2.50 bits per heavy atom. The lowest BCUT2D eigenvalue weighted by molar-refractivity contribution is -0.159. The minimum absolute atomic E-state index is 0.207. The molecule has 0 aliphatic rings. The van der Waals surface area contributed by atoms with Crippen LogP contribution in [0.2, 0.25) is 0 Å². The zero-order valence-corrected chi connectivity index (χ0v) is 10.8. The van der Waals surface area contributed by atoms with Crippen molar-refractivity contribution < 1.29 is 27.5 Å². The van der Waals surface area contributed by atoms with Crippen molar-refractivity contribution in [3.8, 4) is 0 Å². The molecule has 0 aliphatic heterocycles. The molecule has 5 nitrogen and oxygen atoms in total. The Kier molecular flexibility index (Phi) is 4.95. The maximum Gasteiger partial charge on any atom is 0.422 e. The molecule has 0 fully saturated rings. The van der Waals surface area contributed by atoms with Gasteiger partial charge in [-0.15, -0.1) is 0 Å². The van der Waals surface area contributed by atoms with Gasteiger partial charge in [0.05, 0.1) is 0 Å². The third kappa shape index (κ3) is 4.79. The number of hydrogen-bond acceptors (Lipinski definition) is 3. The van der Waals surface area contributed by atoms with Gasteiger partial charge in [0.1, 0.15) is 0 Å². The fourth-order valence-electron chi connectivity index (χ4n) is 1.34. The number of amides is 2. The van der Waals surface area contributed by atoms with Crippen LogP contribution in [0.5, 0.6) is 0 Å². The Morgan fingerprint density at radius 2 is 1.95 bits per heavy atom. The molecule has 20 heavy (non-hydrogen) atoms. The van der Waals surface area contributed by atoms with Crippen LogP contribution in [0.3, 0.4) is 0 Å². The average molecular weight is 290 g/mol. The van der Waals surface area contributed by atoms with Gasteiger partial charge >= 0.3 is 12.3 Å². The van der Waals surface area contributed by atoms with Crippen molar-refractivity contribution in [2.75, 3.05) is 19.0 Å². The summed E-state index contributed by atoms with van der Waals surface area (Å²) in [4.78, 5) is 22.6. The number of aryl methyl sites for hydroxylation is 1. The first-order chi connectivity index (χ1) is 9.23. The molecule has 8 heteroatoms. The molecule has 0 atom stereocenters. The number of benzene rings is 1. The maximum absolute atomic E-state index is 11.9. The van der Waals surface area contributed by atoms with Crippen LogP contribution >= 0.6 is 0 Å². The minimum Gasteiger partial charge on any atom is -0.440 e. The number of hydrogen-bond donors (Lipinski definition) is 2. The Bertz CT molecular complexity index is 515. The monoisotopic (exact) mass is 290 g/mol. The molecule has 0 bridgehead atoms. The van der Waals surface area contributed by atoms with Gasteiger partial charge < -0.3 is 10.1 Å². The highest BCUT2D eigenvalue weighted by Gasteiger charge is 2.29. The highest BCUT2D eigenvalue weighted by molar-refractivity contribution is 5.96. The van der Waals surface area contributed by atoms with Crippen LogP contribution in [0.15, 0.2) is 18.2 Å². The van der Waals surface area contributed by atoms with E-state index >= 15 is 0 Å². The predicted molar refractivity (Wildman–Crippen MR) is 65.6 cm³/mol. The molecule has 2 amide bonds. The summed E-state index contributed by atoms with van der Waals surface area (Å²) >= 11 is 0. The summed E-state index contributed by atoms with van der Waals surface area (Å²) in [6, 6.07) is 4.44. The number of alkyl halides is 3. The van der Waals surface area contributed by atoms with Crippen molar-refractivity contribution in [2.24, 2.45) is 0 Å². The Morgan fingerprint density at radius 1 is 1.30 bits per heavy atom. The summed E-state index contributed by atoms with van der Waals surface area (Å²) in [6.07, 6.45) is -5.82. The van der Waals surface area contributed by atoms with Gasteiger partial charge in [-0.3, -0.25) is 10.1 Å². The van der Waals surface area contributed by atoms with Gasteiger partial charge in [0, 0.05) is 18.3 Å². The van der Waals surface area contributed by atoms with Crippen LogP contribution in [-0.4, -0.2) is 31.8 Å². The quantitative estimate of drug-likeness (QED) is 0.898. The molecule has 0 aliphatic carbocycles. The summed E-state index contributed by atoms with van der Waals surface area (Å²) in [5, 5.41) is 4.56. The molecule has 0 saturated heterocycles. The zero-order valence-electron chi connectivity index (χ0n) is 10.8. The molecule has 0 heterocycles. The lowest BCUT2D eigenvalue weighted by Gasteiger charge is -2.11. The summed E-state index contributed by atoms with van der Waals surface area (Å²) in [5.41, 5.74) is 1.06. The molecule has 2 N–H and O–H groups in total. The van der Waals surface area contributed by atoms with Crippen LogP contribution in [-0.2, 0) is 4.74 Å². The largest absolute Gasteiger partial charge is 0.440 e. The highest BCUT2D eigenvalue weighted by Crippen LogP contribution is 2.18. The smallest absolute Gasteiger partial charge is 0.422 e. The lowest BCUT2D eigenvalue weighted by Crippen LogP contribution is -2.24. The number of carbonyl (C=O) groups excluding carboxylic acids is 2. The lowest BCUT2D eigenvalue weighted by atomic mass is 10.1. The van der Waals surface area contributed by atoms with Crippen molar-refractivity contribution in [2.45, 2.75) is 13.1 Å². The van der Waals surface area contributed by atoms with Crippen molar-refractivity contribution >= 4 is 17.7 Å². The first-order valence-corrected chi connectivity index (χ1v) is 5.56. The van der Waals surface area contributed by atoms with Crippen molar-refractivity contribution in [1.82, 2.24) is 5.32 Å². The van der Waals surface area contributed by atoms with Crippen LogP contribution in [0, 0.1) is 6.92 Å². The summed E-state index contributed by atoms with van der Waals surface area (Å²) in [5.74, 6) is -0.378. The molecule has 0 spiro atoms. The third-order valence-corrected chi connectivity index (χ3v) is 2.33. The van der Waals surface area contributed by atoms with E-state index in [0.717, 1.165) is 0 Å². The second kappa shape index (κ2) is 6.27. The van der Waals surface area contributed by atoms with Gasteiger partial charge in [-0.25, -0.2) is 4.79 Å². The average Bonchev–Trinajstić information content (AvgIpc) is 2.37. The summed E-state index contributed by atoms with van der Waals surface area (Å²) < 4.78 is 39.7. The normalized spacial score (nSPS) is 10.8. The maximum atomic E-state index is 11.9. The Hall–Kier alpha value is -2.25. The highest BCUT2D eigenvalue weighted by atomic mass is 19.4. The first kappa shape index (κ1) is 15.8. The fraction of sp³-hybridized carbons (Fsp3) is 0.333. The van der Waals surface area contributed by atoms with Gasteiger partial charge in [-0.2, -0.15) is 13.2 Å². The predicted octanol–water partition coefficient (Wildman–Crippen LogP) is 2.47. The van der Waals surface area contributed by atoms with Gasteiger partial charge in [-0.1, -0.05) is 6.07 Å². The summed E-state index contributed by atoms with van der Waals surface area (Å²) in [6.45, 7) is -0.0416. The van der Waals surface area contributed by atoms with Gasteiger partial charge in [-0.05, 0) is 24.6 Å². The van der Waals surface area contributed by atoms with E-state index in [0.29, 0.717) is 5.56 Å². The first-order valence-electron chi connectivity index (χ1n) is 5.56. The van der Waals surface area contributed by atoms with Crippen LogP contribution in [0.1, 0.15) is 15.9 Å². The van der Waals surface area contributed by atoms with E-state index < -0.39 is 18.9 Å². The van der Waals surface area contributed by atoms with E-state index in [-0.39, 0.29) is 17.2 Å². The van der Waals surface area contributed by atoms with Crippen molar-refractivity contribution in [1.29, 1.82) is 0 Å². The number of anilines is 1. The second-order valence-electron chi connectivity index (χ2n) is 3.93. The molecular weight excluding hydrogens is 277 g/mol. The SMILES string of the molecule is CNC(=O)c1ccc(C)c(NC(=O)OCC(F)(F)F)c1. The topological polar surface area (TPSA) is 67.4 Å². The van der Waals surface area contributed by atoms with Gasteiger partial charge in [0.25, 0.3) is 5.91 Å². The molecule has 0 saturated carbocycles. The molecular formula is C12H13F3N2O3. The van der Waals surface area contributed by atoms with Gasteiger partial charge in [0.2, 0.25) is 0 Å². The molecule has 0 aromatic heterocycles. The minimum atomic E-state index is -4.59. The Labute approximate surface area is 113 Å². The summed E-state index contributed by atoms with van der Waals surface area (Å²) in [7, 11) is 1.44. The van der Waals surface area contributed by atoms with E-state index in [1.165, 1.54) is 19.2 Å². The molecule has 1 aromatic rings. The number of rotatable bonds is 3. The van der Waals surface area contributed by atoms with Gasteiger partial charge in [0.15, 0.2) is 6.61 Å². The van der Waals surface area contributed by atoms with Crippen LogP contribution < -0.4 is 10.6 Å². The number of nitrogens with one attached hydrogen (secondary N) is 2. The van der Waals surface area contributed by atoms with Crippen molar-refractivity contribution in [3.63, 3.8) is 0 Å². The van der Waals surface area contributed by atoms with E-state index in [2.05, 4.69) is 15.4 Å². The number of halogens is 3. The van der Waals surface area contributed by atoms with Crippen LogP contribution in [0.25, 0.3) is 0 Å². The van der Waals surface area contributed by atoms with E-state index in [1.807, 2.05) is 0 Å². The van der Waals surface area contributed by atoms with E-state index in [9.17, 15) is 22.8 Å². The van der Waals surface area contributed by atoms with E-state index in [1.54, 1.807) is 13.0 Å². The van der Waals surface area contributed by atoms with Crippen LogP contribution in [0.4, 0.5) is 23.7 Å². The standard InChI is InChI=1S/C12H13F3N2O3/c1-7-3-4-8(10(18)16-2)5-9(7)17-11(19)20-6-12(13,14)15/h3-5H,6H2,1-2H3,(H,16,18)(H,17,19). The molecule has 0 unspecified atom stereocenters. The second-order valence-corrected chi connectivity index (χ2v) is 3.93. The number of carbonyl (C=O) groups is 2. The number of ether oxygens (including phenoxy) is 1.